The summed E-state index contributed by atoms with van der Waals surface area (Å²) in [6.45, 7) is 0.959. The van der Waals surface area contributed by atoms with Crippen LogP contribution in [-0.2, 0) is 18.0 Å². The Labute approximate surface area is 119 Å². The largest absolute Gasteiger partial charge is 0.497 e. The van der Waals surface area contributed by atoms with Crippen molar-refractivity contribution in [2.75, 3.05) is 20.0 Å². The van der Waals surface area contributed by atoms with Gasteiger partial charge in [0.25, 0.3) is 0 Å². The average Bonchev–Trinajstić information content (AvgIpc) is 2.48. The minimum absolute atomic E-state index is 0.450. The van der Waals surface area contributed by atoms with Gasteiger partial charge in [-0.3, -0.25) is 0 Å². The normalized spacial score (nSPS) is 10.3. The predicted octanol–water partition coefficient (Wildman–Crippen LogP) is 3.00. The lowest BCUT2D eigenvalue weighted by atomic mass is 10.2. The summed E-state index contributed by atoms with van der Waals surface area (Å²) >= 11 is 0. The Morgan fingerprint density at radius 3 is 2.55 bits per heavy atom. The zero-order valence-corrected chi connectivity index (χ0v) is 11.8. The van der Waals surface area contributed by atoms with Crippen LogP contribution in [0.4, 0.5) is 5.69 Å². The number of anilines is 1. The number of ether oxygens (including phenoxy) is 3. The van der Waals surface area contributed by atoms with Gasteiger partial charge < -0.3 is 19.9 Å². The summed E-state index contributed by atoms with van der Waals surface area (Å²) in [4.78, 5) is 0. The van der Waals surface area contributed by atoms with E-state index in [4.69, 9.17) is 19.9 Å². The smallest absolute Gasteiger partial charge is 0.124 e. The molecule has 0 atom stereocenters. The maximum absolute atomic E-state index is 5.78. The van der Waals surface area contributed by atoms with Gasteiger partial charge in [0.2, 0.25) is 0 Å². The van der Waals surface area contributed by atoms with Gasteiger partial charge in [0.15, 0.2) is 0 Å². The summed E-state index contributed by atoms with van der Waals surface area (Å²) < 4.78 is 16.2. The van der Waals surface area contributed by atoms with Crippen molar-refractivity contribution in [3.05, 3.63) is 53.6 Å². The first-order valence-corrected chi connectivity index (χ1v) is 6.36. The first-order chi connectivity index (χ1) is 9.72. The molecular formula is C16H19NO3. The van der Waals surface area contributed by atoms with Gasteiger partial charge in [-0.1, -0.05) is 12.1 Å². The maximum atomic E-state index is 5.78. The van der Waals surface area contributed by atoms with Crippen LogP contribution in [0.25, 0.3) is 0 Å². The molecule has 0 spiro atoms. The van der Waals surface area contributed by atoms with Crippen molar-refractivity contribution in [3.63, 3.8) is 0 Å². The molecule has 0 bridgehead atoms. The SMILES string of the molecule is COc1cccc(COCc2cc(N)ccc2OC)c1. The minimum Gasteiger partial charge on any atom is -0.497 e. The first-order valence-electron chi connectivity index (χ1n) is 6.36. The number of methoxy groups -OCH3 is 2. The number of benzene rings is 2. The van der Waals surface area contributed by atoms with E-state index in [-0.39, 0.29) is 0 Å². The molecular weight excluding hydrogens is 254 g/mol. The number of nitrogen functional groups attached to an aromatic ring is 1. The lowest BCUT2D eigenvalue weighted by molar-refractivity contribution is 0.105. The van der Waals surface area contributed by atoms with E-state index in [2.05, 4.69) is 0 Å². The molecule has 0 aromatic heterocycles. The van der Waals surface area contributed by atoms with Crippen LogP contribution in [0.1, 0.15) is 11.1 Å². The molecule has 0 unspecified atom stereocenters. The second-order valence-corrected chi connectivity index (χ2v) is 4.42. The summed E-state index contributed by atoms with van der Waals surface area (Å²) in [7, 11) is 3.29. The van der Waals surface area contributed by atoms with Crippen LogP contribution in [0.5, 0.6) is 11.5 Å². The van der Waals surface area contributed by atoms with E-state index in [0.29, 0.717) is 18.9 Å². The molecule has 20 heavy (non-hydrogen) atoms. The fourth-order valence-electron chi connectivity index (χ4n) is 1.95. The maximum Gasteiger partial charge on any atom is 0.124 e. The average molecular weight is 273 g/mol. The Morgan fingerprint density at radius 2 is 1.80 bits per heavy atom. The minimum atomic E-state index is 0.450. The van der Waals surface area contributed by atoms with Crippen molar-refractivity contribution in [2.45, 2.75) is 13.2 Å². The number of hydrogen-bond acceptors (Lipinski definition) is 4. The highest BCUT2D eigenvalue weighted by Gasteiger charge is 2.04. The van der Waals surface area contributed by atoms with Gasteiger partial charge in [-0.2, -0.15) is 0 Å². The second kappa shape index (κ2) is 6.82. The molecule has 0 radical (unpaired) electrons. The van der Waals surface area contributed by atoms with Gasteiger partial charge in [0.1, 0.15) is 11.5 Å². The monoisotopic (exact) mass is 273 g/mol. The molecule has 2 aromatic rings. The van der Waals surface area contributed by atoms with Gasteiger partial charge >= 0.3 is 0 Å². The van der Waals surface area contributed by atoms with Gasteiger partial charge in [-0.15, -0.1) is 0 Å². The molecule has 0 aliphatic carbocycles. The lowest BCUT2D eigenvalue weighted by Crippen LogP contribution is -1.99. The van der Waals surface area contributed by atoms with E-state index in [9.17, 15) is 0 Å². The van der Waals surface area contributed by atoms with Crippen molar-refractivity contribution in [1.29, 1.82) is 0 Å². The Kier molecular flexibility index (Phi) is 4.85. The molecule has 0 amide bonds. The Bertz CT molecular complexity index is 569. The van der Waals surface area contributed by atoms with E-state index < -0.39 is 0 Å². The highest BCUT2D eigenvalue weighted by atomic mass is 16.5. The van der Waals surface area contributed by atoms with Crippen LogP contribution in [0.15, 0.2) is 42.5 Å². The van der Waals surface area contributed by atoms with Crippen LogP contribution in [-0.4, -0.2) is 14.2 Å². The standard InChI is InChI=1S/C16H19NO3/c1-18-15-5-3-4-12(8-15)10-20-11-13-9-14(17)6-7-16(13)19-2/h3-9H,10-11,17H2,1-2H3. The topological polar surface area (TPSA) is 53.7 Å². The van der Waals surface area contributed by atoms with Crippen molar-refractivity contribution < 1.29 is 14.2 Å². The van der Waals surface area contributed by atoms with Crippen LogP contribution < -0.4 is 15.2 Å². The van der Waals surface area contributed by atoms with Crippen molar-refractivity contribution >= 4 is 5.69 Å². The molecule has 0 fully saturated rings. The molecule has 0 aliphatic rings. The third-order valence-corrected chi connectivity index (χ3v) is 2.96. The molecule has 0 aliphatic heterocycles. The molecule has 2 N–H and O–H groups in total. The molecule has 0 saturated carbocycles. The molecule has 0 heterocycles. The molecule has 2 rings (SSSR count). The van der Waals surface area contributed by atoms with E-state index in [1.165, 1.54) is 0 Å². The van der Waals surface area contributed by atoms with Gasteiger partial charge in [0, 0.05) is 11.3 Å². The van der Waals surface area contributed by atoms with E-state index >= 15 is 0 Å². The number of nitrogens with two attached hydrogens (primary N) is 1. The van der Waals surface area contributed by atoms with Gasteiger partial charge in [-0.25, -0.2) is 0 Å². The van der Waals surface area contributed by atoms with Crippen LogP contribution >= 0.6 is 0 Å². The van der Waals surface area contributed by atoms with Crippen LogP contribution in [0.2, 0.25) is 0 Å². The molecule has 2 aromatic carbocycles. The quantitative estimate of drug-likeness (QED) is 0.822. The lowest BCUT2D eigenvalue weighted by Gasteiger charge is -2.10. The summed E-state index contributed by atoms with van der Waals surface area (Å²) in [5, 5.41) is 0. The predicted molar refractivity (Wildman–Crippen MR) is 78.9 cm³/mol. The van der Waals surface area contributed by atoms with Crippen molar-refractivity contribution in [3.8, 4) is 11.5 Å². The zero-order valence-electron chi connectivity index (χ0n) is 11.8. The zero-order chi connectivity index (χ0) is 14.4. The van der Waals surface area contributed by atoms with E-state index in [1.54, 1.807) is 14.2 Å². The summed E-state index contributed by atoms with van der Waals surface area (Å²) in [5.41, 5.74) is 8.48. The summed E-state index contributed by atoms with van der Waals surface area (Å²) in [6.07, 6.45) is 0. The second-order valence-electron chi connectivity index (χ2n) is 4.42. The number of rotatable bonds is 6. The third kappa shape index (κ3) is 3.65. The van der Waals surface area contributed by atoms with E-state index in [0.717, 1.165) is 22.6 Å². The molecule has 106 valence electrons. The van der Waals surface area contributed by atoms with Crippen molar-refractivity contribution in [2.24, 2.45) is 0 Å². The summed E-state index contributed by atoms with van der Waals surface area (Å²) in [5.74, 6) is 1.61. The van der Waals surface area contributed by atoms with Crippen LogP contribution in [0.3, 0.4) is 0 Å². The first kappa shape index (κ1) is 14.2. The highest BCUT2D eigenvalue weighted by molar-refractivity contribution is 5.47. The highest BCUT2D eigenvalue weighted by Crippen LogP contribution is 2.22. The fourth-order valence-corrected chi connectivity index (χ4v) is 1.95. The Hall–Kier alpha value is -2.20. The van der Waals surface area contributed by atoms with Gasteiger partial charge in [0.05, 0.1) is 27.4 Å². The summed E-state index contributed by atoms with van der Waals surface area (Å²) in [6, 6.07) is 13.3. The van der Waals surface area contributed by atoms with E-state index in [1.807, 2.05) is 42.5 Å². The fraction of sp³-hybridized carbons (Fsp3) is 0.250. The van der Waals surface area contributed by atoms with Crippen molar-refractivity contribution in [1.82, 2.24) is 0 Å². The molecule has 0 saturated heterocycles. The Balaban J connectivity index is 1.97. The van der Waals surface area contributed by atoms with Gasteiger partial charge in [-0.05, 0) is 35.9 Å². The molecule has 4 nitrogen and oxygen atoms in total. The van der Waals surface area contributed by atoms with Crippen LogP contribution in [0, 0.1) is 0 Å². The Morgan fingerprint density at radius 1 is 0.950 bits per heavy atom. The molecule has 4 heteroatoms. The number of hydrogen-bond donors (Lipinski definition) is 1. The third-order valence-electron chi connectivity index (χ3n) is 2.96.